The second-order valence-corrected chi connectivity index (χ2v) is 0.211. The van der Waals surface area contributed by atoms with Crippen molar-refractivity contribution in [2.45, 2.75) is 0 Å². The third-order valence-corrected chi connectivity index (χ3v) is 0. The number of rotatable bonds is 0. The van der Waals surface area contributed by atoms with Gasteiger partial charge in [0.15, 0.2) is 0 Å². The van der Waals surface area contributed by atoms with Gasteiger partial charge in [0.2, 0.25) is 0 Å². The Hall–Kier alpha value is -0.568. The number of hydrogen-bond acceptors (Lipinski definition) is 3. The van der Waals surface area contributed by atoms with Crippen LogP contribution in [0.5, 0.6) is 0 Å². The van der Waals surface area contributed by atoms with Crippen LogP contribution in [0.25, 0.3) is 0 Å². The largest absolute Gasteiger partial charge is 0.521 e. The van der Waals surface area contributed by atoms with Crippen LogP contribution in [-0.4, -0.2) is 43.9 Å². The molecule has 0 radical (unpaired) electrons. The molecule has 5 nitrogen and oxygen atoms in total. The maximum absolute atomic E-state index is 8.36. The average Bonchev–Trinajstić information content (AvgIpc) is 1.75. The summed E-state index contributed by atoms with van der Waals surface area (Å²) < 4.78 is 7.14. The predicted molar refractivity (Wildman–Crippen MR) is 28.1 cm³/mol. The summed E-state index contributed by atoms with van der Waals surface area (Å²) in [5.41, 5.74) is 0. The minimum Gasteiger partial charge on any atom is -0.521 e. The topological polar surface area (TPSA) is 94.8 Å². The molecule has 0 unspecified atom stereocenters. The fraction of sp³-hybridized carbons (Fsp3) is 0. The van der Waals surface area contributed by atoms with Crippen LogP contribution in [0.3, 0.4) is 0 Å². The molecule has 0 amide bonds. The Morgan fingerprint density at radius 3 is 1.00 bits per heavy atom. The highest BCUT2D eigenvalue weighted by molar-refractivity contribution is 5.95. The first-order chi connectivity index (χ1) is 3.83. The van der Waals surface area contributed by atoms with E-state index in [4.69, 9.17) is 24.0 Å². The fourth-order valence-corrected chi connectivity index (χ4v) is 0. The maximum Gasteiger partial charge on any atom is 0.407 e. The van der Waals surface area contributed by atoms with Gasteiger partial charge in [-0.1, -0.05) is 0 Å². The Bertz CT molecular complexity index is 31.4. The van der Waals surface area contributed by atoms with Crippen LogP contribution >= 0.6 is 0 Å². The van der Waals surface area contributed by atoms with Crippen molar-refractivity contribution in [2.24, 2.45) is 0 Å². The summed E-state index contributed by atoms with van der Waals surface area (Å²) in [5.74, 6) is 0. The molecule has 8 heavy (non-hydrogen) atoms. The van der Waals surface area contributed by atoms with Gasteiger partial charge in [0.05, 0.1) is 0 Å². The molecule has 0 fully saturated rings. The third kappa shape index (κ3) is 331. The molecule has 0 aliphatic carbocycles. The minimum atomic E-state index is -0.250. The molecule has 0 bridgehead atoms. The van der Waals surface area contributed by atoms with Crippen molar-refractivity contribution in [3.63, 3.8) is 0 Å². The predicted octanol–water partition coefficient (Wildman–Crippen LogP) is -2.07. The fourth-order valence-electron chi connectivity index (χ4n) is 0. The first kappa shape index (κ1) is 15.7. The van der Waals surface area contributed by atoms with Crippen molar-refractivity contribution in [2.75, 3.05) is 0 Å². The normalized spacial score (nSPS) is 3.62. The molecule has 0 aromatic carbocycles. The lowest BCUT2D eigenvalue weighted by molar-refractivity contribution is -0.123. The zero-order chi connectivity index (χ0) is 7.41. The first-order valence-corrected chi connectivity index (χ1v) is 2.33. The average molecular weight is 138 g/mol. The second kappa shape index (κ2) is 92.5. The summed E-state index contributed by atoms with van der Waals surface area (Å²) in [7, 11) is 0. The summed E-state index contributed by atoms with van der Waals surface area (Å²) in [6.45, 7) is -0.500. The molecule has 0 saturated heterocycles. The molecule has 6 heteroatoms. The lowest BCUT2D eigenvalue weighted by Gasteiger charge is -1.34. The molecule has 48 valence electrons. The second-order valence-electron chi connectivity index (χ2n) is 0.211. The van der Waals surface area contributed by atoms with Crippen molar-refractivity contribution in [3.05, 3.63) is 0 Å². The van der Waals surface area contributed by atoms with E-state index < -0.39 is 0 Å². The monoisotopic (exact) mass is 138 g/mol. The van der Waals surface area contributed by atoms with Crippen LogP contribution in [0.2, 0.25) is 0 Å². The van der Waals surface area contributed by atoms with E-state index in [2.05, 4.69) is 0 Å². The van der Waals surface area contributed by atoms with E-state index in [-0.39, 0.29) is 12.9 Å². The van der Waals surface area contributed by atoms with Gasteiger partial charge in [0, 0.05) is 0 Å². The summed E-state index contributed by atoms with van der Waals surface area (Å²) in [4.78, 5) is 16.7. The van der Waals surface area contributed by atoms with E-state index in [9.17, 15) is 0 Å². The highest BCUT2D eigenvalue weighted by Gasteiger charge is 1.22. The Labute approximate surface area is 54.3 Å². The lowest BCUT2D eigenvalue weighted by Crippen LogP contribution is -1.49. The zero-order valence-corrected chi connectivity index (χ0v) is 6.31. The quantitative estimate of drug-likeness (QED) is 0.264. The van der Waals surface area contributed by atoms with Crippen LogP contribution in [0.15, 0.2) is 0 Å². The van der Waals surface area contributed by atoms with Gasteiger partial charge in [-0.3, -0.25) is 9.59 Å². The first-order valence-electron chi connectivity index (χ1n) is 1.44. The molecule has 0 aromatic rings. The van der Waals surface area contributed by atoms with Gasteiger partial charge in [-0.2, -0.15) is 0 Å². The molecule has 0 atom stereocenters. The Morgan fingerprint density at radius 2 is 1.00 bits per heavy atom. The number of hydrogen-bond donors (Lipinski definition) is 3. The SMILES string of the molecule is O=CO.O=CO.[OH][AlH2]. The van der Waals surface area contributed by atoms with Gasteiger partial charge in [-0.15, -0.1) is 0 Å². The van der Waals surface area contributed by atoms with Crippen LogP contribution in [0, 0.1) is 0 Å². The molecule has 0 rings (SSSR count). The van der Waals surface area contributed by atoms with Crippen LogP contribution in [0.1, 0.15) is 0 Å². The Morgan fingerprint density at radius 1 is 1.00 bits per heavy atom. The van der Waals surface area contributed by atoms with Crippen molar-refractivity contribution >= 4 is 29.6 Å². The van der Waals surface area contributed by atoms with Crippen LogP contribution in [0.4, 0.5) is 0 Å². The zero-order valence-electron chi connectivity index (χ0n) is 4.31. The van der Waals surface area contributed by atoms with Crippen molar-refractivity contribution in [1.82, 2.24) is 0 Å². The smallest absolute Gasteiger partial charge is 0.407 e. The summed E-state index contributed by atoms with van der Waals surface area (Å²) in [5, 5.41) is 13.8. The van der Waals surface area contributed by atoms with Gasteiger partial charge in [-0.05, 0) is 0 Å². The van der Waals surface area contributed by atoms with E-state index in [1.54, 1.807) is 0 Å². The van der Waals surface area contributed by atoms with Crippen LogP contribution in [-0.2, 0) is 9.59 Å². The van der Waals surface area contributed by atoms with Gasteiger partial charge in [0.1, 0.15) is 0 Å². The molecule has 0 aliphatic rings. The van der Waals surface area contributed by atoms with Crippen LogP contribution < -0.4 is 0 Å². The van der Waals surface area contributed by atoms with E-state index in [0.29, 0.717) is 16.6 Å². The van der Waals surface area contributed by atoms with Gasteiger partial charge < -0.3 is 14.4 Å². The van der Waals surface area contributed by atoms with Crippen molar-refractivity contribution in [1.29, 1.82) is 0 Å². The number of carboxylic acid groups (broad SMARTS) is 2. The minimum absolute atomic E-state index is 0.250. The molecule has 0 spiro atoms. The lowest BCUT2D eigenvalue weighted by atomic mass is 11.7. The number of carbonyl (C=O) groups is 2. The third-order valence-electron chi connectivity index (χ3n) is 0. The molecular weight excluding hydrogens is 131 g/mol. The Balaban J connectivity index is -0.0000000483. The summed E-state index contributed by atoms with van der Waals surface area (Å²) >= 11 is 0.306. The molecule has 0 saturated carbocycles. The Kier molecular flexibility index (Phi) is 181. The molecule has 0 heterocycles. The van der Waals surface area contributed by atoms with E-state index in [0.717, 1.165) is 0 Å². The summed E-state index contributed by atoms with van der Waals surface area (Å²) in [6, 6.07) is 0. The van der Waals surface area contributed by atoms with E-state index in [1.165, 1.54) is 0 Å². The maximum atomic E-state index is 8.36. The van der Waals surface area contributed by atoms with Gasteiger partial charge in [0.25, 0.3) is 12.9 Å². The summed E-state index contributed by atoms with van der Waals surface area (Å²) in [6.07, 6.45) is 0. The molecule has 0 aliphatic heterocycles. The van der Waals surface area contributed by atoms with Gasteiger partial charge in [-0.25, -0.2) is 0 Å². The molecule has 3 N–H and O–H groups in total. The highest BCUT2D eigenvalue weighted by atomic mass is 27.1. The molecular formula is C2H7AlO5. The van der Waals surface area contributed by atoms with Crippen molar-refractivity contribution in [3.8, 4) is 0 Å². The van der Waals surface area contributed by atoms with E-state index >= 15 is 0 Å². The van der Waals surface area contributed by atoms with E-state index in [1.807, 2.05) is 0 Å². The highest BCUT2D eigenvalue weighted by Crippen LogP contribution is 0.969. The molecule has 0 aromatic heterocycles. The van der Waals surface area contributed by atoms with Gasteiger partial charge >= 0.3 is 16.6 Å². The standard InChI is InChI=1S/2CH2O2.Al.H2O.2H/c2*2-1-3;;;;/h2*1H,(H,2,3);;1H2;;/q;;+1;;;/p-1. The van der Waals surface area contributed by atoms with Crippen molar-refractivity contribution < 1.29 is 24.0 Å².